The van der Waals surface area contributed by atoms with E-state index in [1.54, 1.807) is 6.08 Å². The first-order valence-corrected chi connectivity index (χ1v) is 41.6. The van der Waals surface area contributed by atoms with Crippen LogP contribution >= 0.6 is 0 Å². The summed E-state index contributed by atoms with van der Waals surface area (Å²) in [6, 6.07) is -4.71. The number of amides is 3. The maximum Gasteiger partial charge on any atom is 0.364 e. The molecule has 39 heteroatoms. The number of ether oxygens (including phenoxy) is 12. The second-order valence-corrected chi connectivity index (χ2v) is 31.4. The van der Waals surface area contributed by atoms with Crippen LogP contribution in [0.15, 0.2) is 12.2 Å². The molecule has 0 bridgehead atoms. The summed E-state index contributed by atoms with van der Waals surface area (Å²) < 4.78 is 70.6. The van der Waals surface area contributed by atoms with E-state index in [4.69, 9.17) is 56.8 Å². The van der Waals surface area contributed by atoms with Gasteiger partial charge in [-0.2, -0.15) is 0 Å². The van der Waals surface area contributed by atoms with E-state index in [1.165, 1.54) is 96.3 Å². The van der Waals surface area contributed by atoms with E-state index in [0.717, 1.165) is 65.2 Å². The predicted octanol–water partition coefficient (Wildman–Crippen LogP) is -4.00. The zero-order valence-electron chi connectivity index (χ0n) is 67.1. The van der Waals surface area contributed by atoms with Gasteiger partial charge >= 0.3 is 5.97 Å². The number of aliphatic carboxylic acids is 1. The molecule has 6 saturated heterocycles. The van der Waals surface area contributed by atoms with Crippen LogP contribution in [0.25, 0.3) is 0 Å². The van der Waals surface area contributed by atoms with E-state index in [0.29, 0.717) is 12.8 Å². The van der Waals surface area contributed by atoms with Crippen molar-refractivity contribution in [3.63, 3.8) is 0 Å². The van der Waals surface area contributed by atoms with Crippen molar-refractivity contribution in [3.8, 4) is 0 Å². The van der Waals surface area contributed by atoms with Crippen molar-refractivity contribution in [3.05, 3.63) is 12.2 Å². The van der Waals surface area contributed by atoms with Crippen LogP contribution < -0.4 is 16.0 Å². The van der Waals surface area contributed by atoms with Crippen molar-refractivity contribution in [1.29, 1.82) is 0 Å². The number of allylic oxidation sites excluding steroid dienone is 1. The van der Waals surface area contributed by atoms with E-state index in [-0.39, 0.29) is 12.3 Å². The molecule has 3 amide bonds. The number of carbonyl (C=O) groups excluding carboxylic acids is 3. The van der Waals surface area contributed by atoms with Crippen LogP contribution in [-0.2, 0) is 76.0 Å². The van der Waals surface area contributed by atoms with Gasteiger partial charge in [-0.3, -0.25) is 14.4 Å². The Bertz CT molecular complexity index is 2800. The minimum atomic E-state index is -3.25. The quantitative estimate of drug-likeness (QED) is 0.0204. The van der Waals surface area contributed by atoms with Gasteiger partial charge in [0.15, 0.2) is 31.5 Å². The van der Waals surface area contributed by atoms with Gasteiger partial charge in [-0.1, -0.05) is 167 Å². The molecule has 676 valence electrons. The molecule has 33 atom stereocenters. The molecule has 0 spiro atoms. The van der Waals surface area contributed by atoms with Crippen LogP contribution in [0.5, 0.6) is 0 Å². The average Bonchev–Trinajstić information content (AvgIpc) is 0.773. The molecule has 0 radical (unpaired) electrons. The van der Waals surface area contributed by atoms with Gasteiger partial charge in [-0.25, -0.2) is 4.79 Å². The Hall–Kier alpha value is -3.62. The van der Waals surface area contributed by atoms with Gasteiger partial charge in [-0.15, -0.1) is 0 Å². The summed E-state index contributed by atoms with van der Waals surface area (Å²) in [5.74, 6) is -7.49. The van der Waals surface area contributed by atoms with E-state index in [9.17, 15) is 121 Å². The van der Waals surface area contributed by atoms with Crippen molar-refractivity contribution in [2.24, 2.45) is 0 Å². The fourth-order valence-corrected chi connectivity index (χ4v) is 15.4. The molecule has 0 aromatic carbocycles. The summed E-state index contributed by atoms with van der Waals surface area (Å²) in [7, 11) is 0. The largest absolute Gasteiger partial charge is 0.477 e. The van der Waals surface area contributed by atoms with Crippen LogP contribution in [0.3, 0.4) is 0 Å². The molecule has 23 N–H and O–H groups in total. The first-order valence-electron chi connectivity index (χ1n) is 41.6. The number of carboxylic acid groups (broad SMARTS) is 1. The smallest absolute Gasteiger partial charge is 0.364 e. The van der Waals surface area contributed by atoms with E-state index in [2.05, 4.69) is 29.8 Å². The third-order valence-corrected chi connectivity index (χ3v) is 22.2. The minimum absolute atomic E-state index is 0.156. The van der Waals surface area contributed by atoms with Crippen molar-refractivity contribution in [2.45, 2.75) is 403 Å². The Morgan fingerprint density at radius 1 is 0.448 bits per heavy atom. The number of carbonyl (C=O) groups is 4. The van der Waals surface area contributed by atoms with Gasteiger partial charge in [0.2, 0.25) is 17.7 Å². The van der Waals surface area contributed by atoms with Crippen LogP contribution in [0.4, 0.5) is 0 Å². The molecule has 6 heterocycles. The van der Waals surface area contributed by atoms with Crippen molar-refractivity contribution in [2.75, 3.05) is 46.2 Å². The molecule has 0 aliphatic carbocycles. The highest BCUT2D eigenvalue weighted by Gasteiger charge is 2.62. The van der Waals surface area contributed by atoms with Crippen LogP contribution in [0, 0.1) is 0 Å². The van der Waals surface area contributed by atoms with Gasteiger partial charge in [0, 0.05) is 26.7 Å². The zero-order valence-corrected chi connectivity index (χ0v) is 67.1. The summed E-state index contributed by atoms with van der Waals surface area (Å²) in [5, 5.41) is 231. The topological polar surface area (TPSA) is 620 Å². The Labute approximate surface area is 676 Å². The van der Waals surface area contributed by atoms with Crippen LogP contribution in [0.1, 0.15) is 201 Å². The number of hydrogen-bond acceptors (Lipinski definition) is 35. The fraction of sp³-hybridized carbons (Fsp3) is 0.922. The number of aliphatic hydroxyl groups excluding tert-OH is 19. The second kappa shape index (κ2) is 52.1. The van der Waals surface area contributed by atoms with Crippen molar-refractivity contribution in [1.82, 2.24) is 16.0 Å². The summed E-state index contributed by atoms with van der Waals surface area (Å²) in [6.07, 6.45) is -29.8. The normalized spacial score (nSPS) is 36.9. The van der Waals surface area contributed by atoms with E-state index in [1.807, 2.05) is 6.08 Å². The summed E-state index contributed by atoms with van der Waals surface area (Å²) in [4.78, 5) is 52.1. The maximum absolute atomic E-state index is 13.5. The molecule has 0 aromatic heterocycles. The molecule has 6 fully saturated rings. The maximum atomic E-state index is 13.5. The minimum Gasteiger partial charge on any atom is -0.477 e. The van der Waals surface area contributed by atoms with Crippen molar-refractivity contribution >= 4 is 23.7 Å². The second-order valence-electron chi connectivity index (χ2n) is 31.4. The first kappa shape index (κ1) is 101. The number of nitrogens with one attached hydrogen (secondary N) is 3. The molecule has 6 aliphatic heterocycles. The summed E-state index contributed by atoms with van der Waals surface area (Å²) >= 11 is 0. The van der Waals surface area contributed by atoms with Crippen LogP contribution in [-0.4, -0.2) is 374 Å². The highest BCUT2D eigenvalue weighted by Crippen LogP contribution is 2.41. The lowest BCUT2D eigenvalue weighted by atomic mass is 9.88. The zero-order chi connectivity index (χ0) is 85.3. The fourth-order valence-electron chi connectivity index (χ4n) is 15.4. The highest BCUT2D eigenvalue weighted by molar-refractivity contribution is 5.77. The van der Waals surface area contributed by atoms with E-state index >= 15 is 0 Å². The number of carboxylic acids is 1. The standard InChI is InChI=1S/C77H137N3O36/c1-5-7-9-11-13-15-17-19-21-23-25-27-29-31-44(89)43(80-52(92)32-30-28-26-24-22-20-18-16-14-12-10-8-6-2)40-105-72-61(99)60(98)65(51(39-86)110-72)111-73-62(100)68(57(95)48(36-83)107-73)113-71-54(79-42(4)88)66(56(94)47(35-82)106-71)112-74-63(101)69(58(96)49(37-84)108-74)114-75-64(102)70(59(97)50(38-85)109-75)116-77(76(103)104)33-45(90)53(78-41(3)87)67(115-77)55(93)46(91)34-81/h29,31,43-51,53-75,81-86,89-91,93-102H,5-28,30,32-40H2,1-4H3,(H,78,87)(H,79,88)(H,80,92)(H,103,104)/b31-29+/t43-,44+,45?,46+,47?,48?,49?,50?,51?,53+,54?,55+,56+,57-,58-,59-,60+,61?,62?,63?,64?,65+,66+,67?,68-,69-,70-,71-,72+,73-,74-,75-,77-/m0/s1. The Balaban J connectivity index is 1.15. The first-order chi connectivity index (χ1) is 55.5. The van der Waals surface area contributed by atoms with Gasteiger partial charge < -0.3 is 175 Å². The lowest BCUT2D eigenvalue weighted by Crippen LogP contribution is -2.71. The molecule has 116 heavy (non-hydrogen) atoms. The summed E-state index contributed by atoms with van der Waals surface area (Å²) in [5.41, 5.74) is 0. The molecule has 0 saturated carbocycles. The van der Waals surface area contributed by atoms with Gasteiger partial charge in [0.1, 0.15) is 140 Å². The monoisotopic (exact) mass is 1680 g/mol. The molecule has 39 nitrogen and oxygen atoms in total. The third-order valence-electron chi connectivity index (χ3n) is 22.2. The van der Waals surface area contributed by atoms with Gasteiger partial charge in [0.05, 0.1) is 70.5 Å². The third kappa shape index (κ3) is 29.3. The van der Waals surface area contributed by atoms with Gasteiger partial charge in [-0.05, 0) is 19.3 Å². The number of rotatable bonds is 53. The molecule has 12 unspecified atom stereocenters. The Kier molecular flexibility index (Phi) is 45.5. The average molecular weight is 1680 g/mol. The molecule has 6 rings (SSSR count). The highest BCUT2D eigenvalue weighted by atomic mass is 16.8. The summed E-state index contributed by atoms with van der Waals surface area (Å²) in [6.45, 7) is -0.724. The Morgan fingerprint density at radius 3 is 1.28 bits per heavy atom. The van der Waals surface area contributed by atoms with Crippen molar-refractivity contribution < 1.29 is 178 Å². The Morgan fingerprint density at radius 2 is 0.836 bits per heavy atom. The molecule has 6 aliphatic rings. The molecule has 0 aromatic rings. The van der Waals surface area contributed by atoms with E-state index < -0.39 is 272 Å². The van der Waals surface area contributed by atoms with Crippen LogP contribution in [0.2, 0.25) is 0 Å². The predicted molar refractivity (Wildman–Crippen MR) is 402 cm³/mol. The molecular formula is C77H137N3O36. The van der Waals surface area contributed by atoms with Gasteiger partial charge in [0.25, 0.3) is 5.79 Å². The number of hydrogen-bond donors (Lipinski definition) is 23. The SMILES string of the molecule is CCCCCCCCCCCCC/C=C/[C@@H](O)[C@H](CO[C@@H]1OC(CO)[C@@H](O[C@@H]2OC(CO)[C@H](O)[C@H](O[C@@H]3OC(CO)[C@@H](O)[C@H](O[C@@H]4OC(CO)[C@H](O)[C@H](O[C@@H]5OC(CO)[C@H](O)[C@H](O[C@]6(C(=O)O)CC(O)[C@@H](NC(C)=O)C([C@H](O)[C@H](O)CO)O6)C5O)C4O)C3NC(C)=O)C2O)[C@H](O)C1O)NC(=O)CCCCCCCCCCCCCCC. The number of unbranched alkanes of at least 4 members (excludes halogenated alkanes) is 23. The molecular weight excluding hydrogens is 1540 g/mol. The lowest BCUT2D eigenvalue weighted by molar-refractivity contribution is -0.394. The number of aliphatic hydroxyl groups is 19. The lowest BCUT2D eigenvalue weighted by Gasteiger charge is -2.51.